The fourth-order valence-electron chi connectivity index (χ4n) is 1.82. The lowest BCUT2D eigenvalue weighted by molar-refractivity contribution is 0.676. The van der Waals surface area contributed by atoms with Gasteiger partial charge in [-0.1, -0.05) is 17.7 Å². The van der Waals surface area contributed by atoms with Gasteiger partial charge in [0.2, 0.25) is 0 Å². The Morgan fingerprint density at radius 3 is 2.71 bits per heavy atom. The molecule has 0 aliphatic heterocycles. The Morgan fingerprint density at radius 2 is 2.12 bits per heavy atom. The Morgan fingerprint density at radius 1 is 1.35 bits per heavy atom. The lowest BCUT2D eigenvalue weighted by atomic mass is 10.2. The summed E-state index contributed by atoms with van der Waals surface area (Å²) in [6.45, 7) is 4.10. The minimum atomic E-state index is 0.196. The molecule has 1 N–H and O–H groups in total. The number of aromatic nitrogens is 2. The van der Waals surface area contributed by atoms with E-state index in [0.717, 1.165) is 22.0 Å². The molecular weight excluding hydrogens is 234 g/mol. The van der Waals surface area contributed by atoms with Gasteiger partial charge >= 0.3 is 0 Å². The lowest BCUT2D eigenvalue weighted by Gasteiger charge is -2.16. The molecule has 90 valence electrons. The van der Waals surface area contributed by atoms with Crippen molar-refractivity contribution in [1.29, 1.82) is 0 Å². The van der Waals surface area contributed by atoms with E-state index in [9.17, 15) is 0 Å². The summed E-state index contributed by atoms with van der Waals surface area (Å²) in [5.41, 5.74) is 3.25. The van der Waals surface area contributed by atoms with E-state index < -0.39 is 0 Å². The summed E-state index contributed by atoms with van der Waals surface area (Å²) in [5, 5.41) is 8.35. The Balaban J connectivity index is 2.16. The topological polar surface area (TPSA) is 29.9 Å². The third-order valence-electron chi connectivity index (χ3n) is 2.86. The molecule has 1 aromatic carbocycles. The first kappa shape index (κ1) is 12.0. The molecule has 0 aliphatic rings. The van der Waals surface area contributed by atoms with E-state index in [2.05, 4.69) is 17.3 Å². The van der Waals surface area contributed by atoms with Gasteiger partial charge in [-0.15, -0.1) is 0 Å². The predicted octanol–water partition coefficient (Wildman–Crippen LogP) is 3.56. The van der Waals surface area contributed by atoms with Crippen LogP contribution >= 0.6 is 11.6 Å². The molecule has 2 aromatic rings. The van der Waals surface area contributed by atoms with Crippen molar-refractivity contribution in [3.63, 3.8) is 0 Å². The summed E-state index contributed by atoms with van der Waals surface area (Å²) in [4.78, 5) is 0. The second-order valence-corrected chi connectivity index (χ2v) is 4.62. The van der Waals surface area contributed by atoms with Crippen LogP contribution < -0.4 is 5.32 Å². The number of hydrogen-bond donors (Lipinski definition) is 1. The number of aryl methyl sites for hydroxylation is 2. The Hall–Kier alpha value is -1.48. The van der Waals surface area contributed by atoms with E-state index in [-0.39, 0.29) is 6.04 Å². The van der Waals surface area contributed by atoms with Gasteiger partial charge in [-0.3, -0.25) is 4.68 Å². The highest BCUT2D eigenvalue weighted by atomic mass is 35.5. The van der Waals surface area contributed by atoms with Crippen LogP contribution in [0.4, 0.5) is 5.69 Å². The summed E-state index contributed by atoms with van der Waals surface area (Å²) in [7, 11) is 1.94. The molecule has 1 atom stereocenters. The van der Waals surface area contributed by atoms with Crippen LogP contribution in [-0.2, 0) is 7.05 Å². The van der Waals surface area contributed by atoms with Gasteiger partial charge in [0.1, 0.15) is 0 Å². The first-order valence-electron chi connectivity index (χ1n) is 5.58. The van der Waals surface area contributed by atoms with E-state index in [1.54, 1.807) is 6.20 Å². The SMILES string of the molecule is Cc1ccc(NC(C)c2ccnn2C)cc1Cl. The van der Waals surface area contributed by atoms with Crippen molar-refractivity contribution >= 4 is 17.3 Å². The van der Waals surface area contributed by atoms with Crippen LogP contribution in [0.15, 0.2) is 30.5 Å². The number of rotatable bonds is 3. The molecule has 0 radical (unpaired) electrons. The number of nitrogens with one attached hydrogen (secondary N) is 1. The summed E-state index contributed by atoms with van der Waals surface area (Å²) < 4.78 is 1.87. The quantitative estimate of drug-likeness (QED) is 0.902. The van der Waals surface area contributed by atoms with Crippen LogP contribution in [0.25, 0.3) is 0 Å². The van der Waals surface area contributed by atoms with Gasteiger partial charge in [-0.25, -0.2) is 0 Å². The first-order valence-corrected chi connectivity index (χ1v) is 5.96. The zero-order valence-electron chi connectivity index (χ0n) is 10.2. The van der Waals surface area contributed by atoms with Crippen LogP contribution in [0.5, 0.6) is 0 Å². The molecule has 4 heteroatoms. The second-order valence-electron chi connectivity index (χ2n) is 4.21. The summed E-state index contributed by atoms with van der Waals surface area (Å²) in [6, 6.07) is 8.20. The molecule has 0 spiro atoms. The fourth-order valence-corrected chi connectivity index (χ4v) is 2.00. The molecule has 0 fully saturated rings. The molecule has 0 saturated heterocycles. The Labute approximate surface area is 106 Å². The van der Waals surface area contributed by atoms with Gasteiger partial charge in [0.05, 0.1) is 11.7 Å². The lowest BCUT2D eigenvalue weighted by Crippen LogP contribution is -2.11. The van der Waals surface area contributed by atoms with Gasteiger partial charge in [0, 0.05) is 24.0 Å². The monoisotopic (exact) mass is 249 g/mol. The molecule has 3 nitrogen and oxygen atoms in total. The Bertz CT molecular complexity index is 519. The van der Waals surface area contributed by atoms with Gasteiger partial charge in [0.15, 0.2) is 0 Å². The van der Waals surface area contributed by atoms with E-state index in [1.807, 2.05) is 42.9 Å². The molecule has 2 rings (SSSR count). The molecular formula is C13H16ClN3. The maximum Gasteiger partial charge on any atom is 0.0653 e. The zero-order chi connectivity index (χ0) is 12.4. The maximum atomic E-state index is 6.10. The van der Waals surface area contributed by atoms with E-state index in [4.69, 9.17) is 11.6 Å². The van der Waals surface area contributed by atoms with Gasteiger partial charge in [-0.05, 0) is 37.6 Å². The Kier molecular flexibility index (Phi) is 3.38. The number of halogens is 1. The minimum Gasteiger partial charge on any atom is -0.377 e. The van der Waals surface area contributed by atoms with Crippen LogP contribution in [-0.4, -0.2) is 9.78 Å². The molecule has 0 saturated carbocycles. The van der Waals surface area contributed by atoms with E-state index in [1.165, 1.54) is 0 Å². The van der Waals surface area contributed by atoms with Gasteiger partial charge < -0.3 is 5.32 Å². The van der Waals surface area contributed by atoms with Crippen molar-refractivity contribution < 1.29 is 0 Å². The number of benzene rings is 1. The largest absolute Gasteiger partial charge is 0.377 e. The number of hydrogen-bond acceptors (Lipinski definition) is 2. The van der Waals surface area contributed by atoms with Crippen LogP contribution in [0.2, 0.25) is 5.02 Å². The minimum absolute atomic E-state index is 0.196. The molecule has 1 heterocycles. The van der Waals surface area contributed by atoms with Crippen LogP contribution in [0.1, 0.15) is 24.2 Å². The van der Waals surface area contributed by atoms with E-state index >= 15 is 0 Å². The molecule has 17 heavy (non-hydrogen) atoms. The van der Waals surface area contributed by atoms with E-state index in [0.29, 0.717) is 0 Å². The smallest absolute Gasteiger partial charge is 0.0653 e. The molecule has 0 amide bonds. The summed E-state index contributed by atoms with van der Waals surface area (Å²) in [5.74, 6) is 0. The van der Waals surface area contributed by atoms with Crippen molar-refractivity contribution in [2.75, 3.05) is 5.32 Å². The maximum absolute atomic E-state index is 6.10. The molecule has 0 bridgehead atoms. The molecule has 1 aromatic heterocycles. The van der Waals surface area contributed by atoms with Crippen molar-refractivity contribution in [2.45, 2.75) is 19.9 Å². The fraction of sp³-hybridized carbons (Fsp3) is 0.308. The third-order valence-corrected chi connectivity index (χ3v) is 3.26. The zero-order valence-corrected chi connectivity index (χ0v) is 11.0. The average Bonchev–Trinajstić information content (AvgIpc) is 2.70. The highest BCUT2D eigenvalue weighted by Gasteiger charge is 2.09. The van der Waals surface area contributed by atoms with Crippen molar-refractivity contribution in [2.24, 2.45) is 7.05 Å². The first-order chi connectivity index (χ1) is 8.08. The number of anilines is 1. The highest BCUT2D eigenvalue weighted by Crippen LogP contribution is 2.23. The van der Waals surface area contributed by atoms with Crippen LogP contribution in [0, 0.1) is 6.92 Å². The predicted molar refractivity (Wildman–Crippen MR) is 71.4 cm³/mol. The highest BCUT2D eigenvalue weighted by molar-refractivity contribution is 6.31. The average molecular weight is 250 g/mol. The second kappa shape index (κ2) is 4.80. The molecule has 0 aliphatic carbocycles. The summed E-state index contributed by atoms with van der Waals surface area (Å²) >= 11 is 6.10. The summed E-state index contributed by atoms with van der Waals surface area (Å²) in [6.07, 6.45) is 1.80. The van der Waals surface area contributed by atoms with Gasteiger partial charge in [0.25, 0.3) is 0 Å². The standard InChI is InChI=1S/C13H16ClN3/c1-9-4-5-11(8-12(9)14)16-10(2)13-6-7-15-17(13)3/h4-8,10,16H,1-3H3. The van der Waals surface area contributed by atoms with Crippen LogP contribution in [0.3, 0.4) is 0 Å². The van der Waals surface area contributed by atoms with Crippen molar-refractivity contribution in [3.8, 4) is 0 Å². The van der Waals surface area contributed by atoms with Gasteiger partial charge in [-0.2, -0.15) is 5.10 Å². The molecule has 1 unspecified atom stereocenters. The normalized spacial score (nSPS) is 12.5. The third kappa shape index (κ3) is 2.61. The number of nitrogens with zero attached hydrogens (tertiary/aromatic N) is 2. The van der Waals surface area contributed by atoms with Crippen molar-refractivity contribution in [1.82, 2.24) is 9.78 Å². The van der Waals surface area contributed by atoms with Crippen molar-refractivity contribution in [3.05, 3.63) is 46.7 Å².